The molecular formula is C36H46ClN3O7S. The van der Waals surface area contributed by atoms with Gasteiger partial charge in [-0.15, -0.1) is 0 Å². The molecule has 0 radical (unpaired) electrons. The average molecular weight is 700 g/mol. The van der Waals surface area contributed by atoms with Crippen LogP contribution in [0.2, 0.25) is 5.02 Å². The van der Waals surface area contributed by atoms with Crippen molar-refractivity contribution < 1.29 is 32.2 Å². The molecule has 2 aromatic carbocycles. The molecule has 2 aliphatic carbocycles. The fourth-order valence-electron chi connectivity index (χ4n) is 7.63. The third kappa shape index (κ3) is 6.91. The summed E-state index contributed by atoms with van der Waals surface area (Å²) in [5.74, 6) is 0.235. The fourth-order valence-corrected chi connectivity index (χ4v) is 8.89. The number of hydrogen-bond donors (Lipinski definition) is 1. The van der Waals surface area contributed by atoms with E-state index in [1.165, 1.54) is 29.0 Å². The van der Waals surface area contributed by atoms with Crippen LogP contribution in [0.1, 0.15) is 64.5 Å². The number of nitrogens with zero attached hydrogens (tertiary/aromatic N) is 2. The Kier molecular flexibility index (Phi) is 9.52. The first-order chi connectivity index (χ1) is 22.7. The molecule has 2 heterocycles. The number of carbonyl (C=O) groups excluding carboxylic acids is 2. The molecule has 48 heavy (non-hydrogen) atoms. The Morgan fingerprint density at radius 1 is 1.15 bits per heavy atom. The maximum atomic E-state index is 13.8. The molecule has 260 valence electrons. The monoisotopic (exact) mass is 699 g/mol. The lowest BCUT2D eigenvalue weighted by Gasteiger charge is -2.46. The number of carbonyl (C=O) groups is 2. The van der Waals surface area contributed by atoms with Crippen LogP contribution in [0.4, 0.5) is 10.5 Å². The second-order valence-electron chi connectivity index (χ2n) is 14.6. The number of halogens is 1. The maximum Gasteiger partial charge on any atom is 0.411 e. The molecule has 0 unspecified atom stereocenters. The van der Waals surface area contributed by atoms with Gasteiger partial charge in [-0.05, 0) is 113 Å². The fraction of sp³-hybridized carbons (Fsp3) is 0.556. The van der Waals surface area contributed by atoms with Crippen LogP contribution >= 0.6 is 11.6 Å². The molecule has 1 saturated carbocycles. The minimum atomic E-state index is -4.31. The van der Waals surface area contributed by atoms with Crippen molar-refractivity contribution in [2.24, 2.45) is 11.8 Å². The molecular weight excluding hydrogens is 654 g/mol. The zero-order valence-electron chi connectivity index (χ0n) is 28.3. The molecule has 2 aromatic rings. The predicted octanol–water partition coefficient (Wildman–Crippen LogP) is 5.85. The summed E-state index contributed by atoms with van der Waals surface area (Å²) < 4.78 is 47.9. The molecule has 10 nitrogen and oxygen atoms in total. The van der Waals surface area contributed by atoms with Gasteiger partial charge in [0.15, 0.2) is 0 Å². The Morgan fingerprint density at radius 3 is 2.65 bits per heavy atom. The Morgan fingerprint density at radius 2 is 1.94 bits per heavy atom. The molecule has 1 fully saturated rings. The number of methoxy groups -OCH3 is 1. The number of fused-ring (bicyclic) bond motifs is 4. The van der Waals surface area contributed by atoms with Crippen LogP contribution in [-0.4, -0.2) is 76.4 Å². The van der Waals surface area contributed by atoms with Crippen molar-refractivity contribution in [2.45, 2.75) is 87.9 Å². The summed E-state index contributed by atoms with van der Waals surface area (Å²) in [6.45, 7) is 8.50. The van der Waals surface area contributed by atoms with E-state index in [0.717, 1.165) is 32.1 Å². The van der Waals surface area contributed by atoms with Gasteiger partial charge in [-0.2, -0.15) is 0 Å². The van der Waals surface area contributed by atoms with Gasteiger partial charge in [0.05, 0.1) is 23.3 Å². The van der Waals surface area contributed by atoms with Crippen LogP contribution < -0.4 is 14.4 Å². The first-order valence-electron chi connectivity index (χ1n) is 16.8. The quantitative estimate of drug-likeness (QED) is 0.369. The van der Waals surface area contributed by atoms with Gasteiger partial charge in [0, 0.05) is 37.2 Å². The van der Waals surface area contributed by atoms with Gasteiger partial charge in [-0.25, -0.2) is 17.9 Å². The highest BCUT2D eigenvalue weighted by molar-refractivity contribution is 7.90. The van der Waals surface area contributed by atoms with Crippen molar-refractivity contribution in [3.63, 3.8) is 0 Å². The molecule has 4 aliphatic rings. The van der Waals surface area contributed by atoms with Gasteiger partial charge in [-0.3, -0.25) is 9.69 Å². The summed E-state index contributed by atoms with van der Waals surface area (Å²) in [7, 11) is -2.62. The third-order valence-corrected chi connectivity index (χ3v) is 11.9. The molecule has 0 saturated heterocycles. The Balaban J connectivity index is 1.41. The van der Waals surface area contributed by atoms with Crippen LogP contribution in [0.15, 0.2) is 53.4 Å². The van der Waals surface area contributed by atoms with Crippen molar-refractivity contribution in [1.29, 1.82) is 0 Å². The van der Waals surface area contributed by atoms with E-state index in [1.807, 2.05) is 12.1 Å². The zero-order valence-corrected chi connectivity index (χ0v) is 29.9. The topological polar surface area (TPSA) is 114 Å². The number of benzene rings is 2. The summed E-state index contributed by atoms with van der Waals surface area (Å²) in [5, 5.41) is 0.713. The minimum Gasteiger partial charge on any atom is -0.490 e. The number of hydrogen-bond acceptors (Lipinski definition) is 8. The first kappa shape index (κ1) is 34.6. The number of rotatable bonds is 1. The van der Waals surface area contributed by atoms with E-state index in [-0.39, 0.29) is 34.8 Å². The Bertz CT molecular complexity index is 1710. The minimum absolute atomic E-state index is 0.0368. The van der Waals surface area contributed by atoms with Gasteiger partial charge < -0.3 is 19.1 Å². The van der Waals surface area contributed by atoms with E-state index in [9.17, 15) is 18.0 Å². The SMILES string of the molecule is CO[C@@H]1/C=C/CN(C(=O)OC(C)(C)C)[C@@H](C)C(=O)NS(=O)(=O)c2ccc3c(c2)N(C[C@@H]2CC[C@H]21)C[C@@]1(CCCc2cc(Cl)ccc21)CO3. The van der Waals surface area contributed by atoms with E-state index >= 15 is 0 Å². The normalized spacial score (nSPS) is 29.3. The van der Waals surface area contributed by atoms with Crippen molar-refractivity contribution in [1.82, 2.24) is 9.62 Å². The number of ether oxygens (including phenoxy) is 3. The number of nitrogens with one attached hydrogen (secondary N) is 1. The lowest BCUT2D eigenvalue weighted by atomic mass is 9.68. The van der Waals surface area contributed by atoms with Crippen LogP contribution in [-0.2, 0) is 36.1 Å². The number of anilines is 1. The largest absolute Gasteiger partial charge is 0.490 e. The molecule has 6 rings (SSSR count). The van der Waals surface area contributed by atoms with Crippen molar-refractivity contribution in [2.75, 3.05) is 38.3 Å². The average Bonchev–Trinajstić information content (AvgIpc) is 3.15. The molecule has 12 heteroatoms. The highest BCUT2D eigenvalue weighted by atomic mass is 35.5. The number of amides is 2. The van der Waals surface area contributed by atoms with Gasteiger partial charge in [0.25, 0.3) is 15.9 Å². The van der Waals surface area contributed by atoms with Crippen LogP contribution in [0, 0.1) is 11.8 Å². The van der Waals surface area contributed by atoms with E-state index in [1.54, 1.807) is 46.1 Å². The molecule has 1 N–H and O–H groups in total. The molecule has 2 aliphatic heterocycles. The standard InChI is InChI=1S/C36H46ClN3O7S/c1-23-33(41)38-48(43,44)27-12-15-32-30(19-27)39(21-36(22-46-32)16-6-8-24-18-26(37)11-14-29(24)36)20-25-10-13-28(25)31(45-5)9-7-17-40(23)34(42)47-35(2,3)4/h7,9,11-12,14-15,18-19,23,25,28,31H,6,8,10,13,16-17,20-22H2,1-5H3,(H,38,41)/b9-7+/t23-,25-,28+,31+,36-/m0/s1. The molecule has 5 atom stereocenters. The lowest BCUT2D eigenvalue weighted by Crippen LogP contribution is -2.51. The van der Waals surface area contributed by atoms with E-state index < -0.39 is 33.7 Å². The third-order valence-electron chi connectivity index (χ3n) is 10.3. The molecule has 0 aromatic heterocycles. The second-order valence-corrected chi connectivity index (χ2v) is 16.8. The molecule has 2 amide bonds. The van der Waals surface area contributed by atoms with E-state index in [0.29, 0.717) is 36.2 Å². The highest BCUT2D eigenvalue weighted by Gasteiger charge is 2.45. The smallest absolute Gasteiger partial charge is 0.411 e. The molecule has 2 bridgehead atoms. The van der Waals surface area contributed by atoms with Gasteiger partial charge >= 0.3 is 6.09 Å². The highest BCUT2D eigenvalue weighted by Crippen LogP contribution is 2.47. The summed E-state index contributed by atoms with van der Waals surface area (Å²) >= 11 is 6.42. The molecule has 1 spiro atoms. The van der Waals surface area contributed by atoms with Crippen molar-refractivity contribution in [3.8, 4) is 5.75 Å². The van der Waals surface area contributed by atoms with Crippen molar-refractivity contribution in [3.05, 3.63) is 64.7 Å². The van der Waals surface area contributed by atoms with Crippen LogP contribution in [0.5, 0.6) is 5.75 Å². The van der Waals surface area contributed by atoms with Gasteiger partial charge in [-0.1, -0.05) is 29.8 Å². The zero-order chi connectivity index (χ0) is 34.4. The summed E-state index contributed by atoms with van der Waals surface area (Å²) in [6.07, 6.45) is 7.66. The van der Waals surface area contributed by atoms with E-state index in [4.69, 9.17) is 25.8 Å². The summed E-state index contributed by atoms with van der Waals surface area (Å²) in [6, 6.07) is 9.73. The van der Waals surface area contributed by atoms with Crippen LogP contribution in [0.25, 0.3) is 0 Å². The first-order valence-corrected chi connectivity index (χ1v) is 18.6. The Labute approximate surface area is 288 Å². The summed E-state index contributed by atoms with van der Waals surface area (Å²) in [4.78, 5) is 30.2. The van der Waals surface area contributed by atoms with E-state index in [2.05, 4.69) is 21.8 Å². The van der Waals surface area contributed by atoms with Gasteiger partial charge in [0.2, 0.25) is 0 Å². The summed E-state index contributed by atoms with van der Waals surface area (Å²) in [5.41, 5.74) is 2.00. The maximum absolute atomic E-state index is 13.8. The lowest BCUT2D eigenvalue weighted by molar-refractivity contribution is -0.123. The predicted molar refractivity (Wildman–Crippen MR) is 184 cm³/mol. The number of aryl methyl sites for hydroxylation is 1. The van der Waals surface area contributed by atoms with Gasteiger partial charge in [0.1, 0.15) is 17.4 Å². The second kappa shape index (κ2) is 13.2. The Hall–Kier alpha value is -3.28. The van der Waals surface area contributed by atoms with Crippen LogP contribution in [0.3, 0.4) is 0 Å². The van der Waals surface area contributed by atoms with Crippen molar-refractivity contribution >= 4 is 39.3 Å². The number of sulfonamides is 1.